The molecule has 1 atom stereocenters. The zero-order valence-corrected chi connectivity index (χ0v) is 15.8. The molecule has 1 aromatic carbocycles. The van der Waals surface area contributed by atoms with Crippen LogP contribution in [0.2, 0.25) is 0 Å². The van der Waals surface area contributed by atoms with Crippen molar-refractivity contribution in [3.8, 4) is 17.2 Å². The Morgan fingerprint density at radius 2 is 1.84 bits per heavy atom. The van der Waals surface area contributed by atoms with E-state index in [0.717, 1.165) is 31.5 Å². The van der Waals surface area contributed by atoms with Gasteiger partial charge in [-0.1, -0.05) is 6.92 Å². The Bertz CT molecular complexity index is 552. The third-order valence-electron chi connectivity index (χ3n) is 4.75. The van der Waals surface area contributed by atoms with Crippen LogP contribution in [0.25, 0.3) is 0 Å². The van der Waals surface area contributed by atoms with Crippen molar-refractivity contribution in [2.45, 2.75) is 45.1 Å². The summed E-state index contributed by atoms with van der Waals surface area (Å²) >= 11 is 0. The third kappa shape index (κ3) is 4.71. The predicted molar refractivity (Wildman–Crippen MR) is 98.8 cm³/mol. The third-order valence-corrected chi connectivity index (χ3v) is 4.75. The Kier molecular flexibility index (Phi) is 7.22. The van der Waals surface area contributed by atoms with Gasteiger partial charge in [-0.05, 0) is 25.7 Å². The number of hydrogen-bond donors (Lipinski definition) is 1. The fourth-order valence-electron chi connectivity index (χ4n) is 3.39. The van der Waals surface area contributed by atoms with Gasteiger partial charge in [0.15, 0.2) is 11.5 Å². The van der Waals surface area contributed by atoms with Crippen molar-refractivity contribution in [2.24, 2.45) is 0 Å². The summed E-state index contributed by atoms with van der Waals surface area (Å²) < 4.78 is 16.0. The second-order valence-electron chi connectivity index (χ2n) is 6.24. The summed E-state index contributed by atoms with van der Waals surface area (Å²) in [7, 11) is 4.76. The average molecular weight is 350 g/mol. The second-order valence-corrected chi connectivity index (χ2v) is 6.24. The number of methoxy groups -OCH3 is 3. The minimum Gasteiger partial charge on any atom is -0.493 e. The van der Waals surface area contributed by atoms with E-state index < -0.39 is 0 Å². The number of nitrogens with one attached hydrogen (secondary N) is 1. The molecule has 1 saturated heterocycles. The van der Waals surface area contributed by atoms with E-state index >= 15 is 0 Å². The van der Waals surface area contributed by atoms with Crippen molar-refractivity contribution in [3.63, 3.8) is 0 Å². The molecule has 1 aliphatic rings. The number of anilines is 1. The molecule has 1 fully saturated rings. The lowest BCUT2D eigenvalue weighted by Gasteiger charge is -2.35. The first kappa shape index (κ1) is 19.2. The molecule has 1 amide bonds. The first-order valence-corrected chi connectivity index (χ1v) is 8.97. The quantitative estimate of drug-likeness (QED) is 0.779. The fraction of sp³-hybridized carbons (Fsp3) is 0.632. The molecule has 2 rings (SSSR count). The Hall–Kier alpha value is -2.11. The van der Waals surface area contributed by atoms with Crippen LogP contribution in [0, 0.1) is 0 Å². The highest BCUT2D eigenvalue weighted by molar-refractivity contribution is 5.77. The van der Waals surface area contributed by atoms with E-state index in [9.17, 15) is 4.79 Å². The van der Waals surface area contributed by atoms with E-state index in [0.29, 0.717) is 36.3 Å². The Morgan fingerprint density at radius 1 is 1.16 bits per heavy atom. The lowest BCUT2D eigenvalue weighted by atomic mass is 9.99. The molecular formula is C19H30N2O4. The van der Waals surface area contributed by atoms with Crippen LogP contribution in [-0.4, -0.2) is 51.3 Å². The fourth-order valence-corrected chi connectivity index (χ4v) is 3.39. The van der Waals surface area contributed by atoms with Gasteiger partial charge in [0, 0.05) is 43.4 Å². The van der Waals surface area contributed by atoms with Gasteiger partial charge in [0.1, 0.15) is 0 Å². The van der Waals surface area contributed by atoms with Gasteiger partial charge in [0.05, 0.1) is 21.3 Å². The van der Waals surface area contributed by atoms with Gasteiger partial charge < -0.3 is 24.4 Å². The van der Waals surface area contributed by atoms with E-state index in [-0.39, 0.29) is 5.91 Å². The lowest BCUT2D eigenvalue weighted by molar-refractivity contribution is -0.134. The molecule has 6 heteroatoms. The zero-order chi connectivity index (χ0) is 18.2. The molecule has 0 aromatic heterocycles. The summed E-state index contributed by atoms with van der Waals surface area (Å²) in [6.45, 7) is 3.62. The smallest absolute Gasteiger partial charge is 0.224 e. The molecular weight excluding hydrogens is 320 g/mol. The van der Waals surface area contributed by atoms with Crippen molar-refractivity contribution in [2.75, 3.05) is 39.7 Å². The summed E-state index contributed by atoms with van der Waals surface area (Å²) in [5.41, 5.74) is 0.841. The highest BCUT2D eigenvalue weighted by Gasteiger charge is 2.24. The molecule has 1 aliphatic heterocycles. The van der Waals surface area contributed by atoms with Crippen molar-refractivity contribution in [1.82, 2.24) is 4.90 Å². The van der Waals surface area contributed by atoms with E-state index in [2.05, 4.69) is 17.1 Å². The number of amides is 1. The van der Waals surface area contributed by atoms with Crippen LogP contribution in [-0.2, 0) is 4.79 Å². The Balaban J connectivity index is 1.96. The topological polar surface area (TPSA) is 60.0 Å². The minimum atomic E-state index is 0.228. The maximum absolute atomic E-state index is 12.5. The number of benzene rings is 1. The van der Waals surface area contributed by atoms with Gasteiger partial charge in [-0.25, -0.2) is 0 Å². The van der Waals surface area contributed by atoms with Crippen LogP contribution in [0.4, 0.5) is 5.69 Å². The van der Waals surface area contributed by atoms with Gasteiger partial charge >= 0.3 is 0 Å². The molecule has 0 bridgehead atoms. The highest BCUT2D eigenvalue weighted by Crippen LogP contribution is 2.39. The Labute approximate surface area is 150 Å². The minimum absolute atomic E-state index is 0.228. The Morgan fingerprint density at radius 3 is 2.40 bits per heavy atom. The first-order valence-electron chi connectivity index (χ1n) is 8.97. The predicted octanol–water partition coefficient (Wildman–Crippen LogP) is 3.31. The van der Waals surface area contributed by atoms with Crippen LogP contribution in [0.3, 0.4) is 0 Å². The number of carbonyl (C=O) groups is 1. The van der Waals surface area contributed by atoms with Gasteiger partial charge in [-0.3, -0.25) is 4.79 Å². The number of rotatable bonds is 8. The molecule has 0 radical (unpaired) electrons. The standard InChI is InChI=1S/C19H30N2O4/c1-5-15-8-6-7-11-21(15)18(22)9-10-20-14-12-16(23-2)19(25-4)17(13-14)24-3/h12-13,15,20H,5-11H2,1-4H3. The van der Waals surface area contributed by atoms with Crippen molar-refractivity contribution < 1.29 is 19.0 Å². The van der Waals surface area contributed by atoms with E-state index in [1.807, 2.05) is 12.1 Å². The van der Waals surface area contributed by atoms with Crippen molar-refractivity contribution in [3.05, 3.63) is 12.1 Å². The van der Waals surface area contributed by atoms with Crippen LogP contribution < -0.4 is 19.5 Å². The number of piperidine rings is 1. The number of likely N-dealkylation sites (tertiary alicyclic amines) is 1. The largest absolute Gasteiger partial charge is 0.493 e. The highest BCUT2D eigenvalue weighted by atomic mass is 16.5. The number of nitrogens with zero attached hydrogens (tertiary/aromatic N) is 1. The maximum Gasteiger partial charge on any atom is 0.224 e. The molecule has 0 aliphatic carbocycles. The van der Waals surface area contributed by atoms with Crippen LogP contribution in [0.15, 0.2) is 12.1 Å². The zero-order valence-electron chi connectivity index (χ0n) is 15.8. The second kappa shape index (κ2) is 9.39. The van der Waals surface area contributed by atoms with E-state index in [1.165, 1.54) is 6.42 Å². The maximum atomic E-state index is 12.5. The molecule has 0 spiro atoms. The van der Waals surface area contributed by atoms with Gasteiger partial charge in [-0.15, -0.1) is 0 Å². The first-order chi connectivity index (χ1) is 12.1. The number of hydrogen-bond acceptors (Lipinski definition) is 5. The van der Waals surface area contributed by atoms with Crippen LogP contribution >= 0.6 is 0 Å². The summed E-state index contributed by atoms with van der Waals surface area (Å²) in [6, 6.07) is 4.10. The summed E-state index contributed by atoms with van der Waals surface area (Å²) in [5, 5.41) is 3.29. The summed E-state index contributed by atoms with van der Waals surface area (Å²) in [6.07, 6.45) is 4.98. The van der Waals surface area contributed by atoms with E-state index in [1.54, 1.807) is 21.3 Å². The van der Waals surface area contributed by atoms with Crippen LogP contribution in [0.1, 0.15) is 39.0 Å². The monoisotopic (exact) mass is 350 g/mol. The molecule has 1 N–H and O–H groups in total. The molecule has 1 unspecified atom stereocenters. The van der Waals surface area contributed by atoms with E-state index in [4.69, 9.17) is 14.2 Å². The normalized spacial score (nSPS) is 17.1. The summed E-state index contributed by atoms with van der Waals surface area (Å²) in [4.78, 5) is 14.6. The molecule has 1 aromatic rings. The molecule has 140 valence electrons. The lowest BCUT2D eigenvalue weighted by Crippen LogP contribution is -2.43. The number of ether oxygens (including phenoxy) is 3. The van der Waals surface area contributed by atoms with Gasteiger partial charge in [0.25, 0.3) is 0 Å². The molecule has 1 heterocycles. The summed E-state index contributed by atoms with van der Waals surface area (Å²) in [5.74, 6) is 1.98. The van der Waals surface area contributed by atoms with Crippen LogP contribution in [0.5, 0.6) is 17.2 Å². The molecule has 0 saturated carbocycles. The van der Waals surface area contributed by atoms with Crippen molar-refractivity contribution in [1.29, 1.82) is 0 Å². The van der Waals surface area contributed by atoms with Gasteiger partial charge in [0.2, 0.25) is 11.7 Å². The molecule has 25 heavy (non-hydrogen) atoms. The average Bonchev–Trinajstić information content (AvgIpc) is 2.66. The molecule has 6 nitrogen and oxygen atoms in total. The van der Waals surface area contributed by atoms with Gasteiger partial charge in [-0.2, -0.15) is 0 Å². The SMILES string of the molecule is CCC1CCCCN1C(=O)CCNc1cc(OC)c(OC)c(OC)c1. The van der Waals surface area contributed by atoms with Crippen molar-refractivity contribution >= 4 is 11.6 Å². The number of carbonyl (C=O) groups excluding carboxylic acids is 1.